The Kier molecular flexibility index (Phi) is 2.62. The number of carbonyl (C=O) groups is 1. The summed E-state index contributed by atoms with van der Waals surface area (Å²) < 4.78 is 0. The van der Waals surface area contributed by atoms with Crippen LogP contribution < -0.4 is 0 Å². The zero-order chi connectivity index (χ0) is 5.70. The van der Waals surface area contributed by atoms with Crippen LogP contribution in [0.4, 0.5) is 0 Å². The van der Waals surface area contributed by atoms with E-state index in [1.165, 1.54) is 6.08 Å². The van der Waals surface area contributed by atoms with Crippen molar-refractivity contribution in [2.24, 2.45) is 0 Å². The molecule has 0 fully saturated rings. The summed E-state index contributed by atoms with van der Waals surface area (Å²) in [6.07, 6.45) is 2.77. The Hall–Kier alpha value is -1.10. The van der Waals surface area contributed by atoms with Gasteiger partial charge in [-0.1, -0.05) is 6.08 Å². The first kappa shape index (κ1) is 5.90. The van der Waals surface area contributed by atoms with Crippen LogP contribution in [0.3, 0.4) is 0 Å². The zero-order valence-electron chi connectivity index (χ0n) is 4.01. The van der Waals surface area contributed by atoms with E-state index in [9.17, 15) is 4.79 Å². The summed E-state index contributed by atoms with van der Waals surface area (Å²) in [6, 6.07) is 0. The Balaban J connectivity index is 3.66. The van der Waals surface area contributed by atoms with Crippen molar-refractivity contribution < 1.29 is 4.79 Å². The van der Waals surface area contributed by atoms with Crippen molar-refractivity contribution in [1.82, 2.24) is 0 Å². The van der Waals surface area contributed by atoms with Gasteiger partial charge in [-0.3, -0.25) is 0 Å². The predicted molar refractivity (Wildman–Crippen MR) is 26.4 cm³/mol. The lowest BCUT2D eigenvalue weighted by Gasteiger charge is -1.66. The molecule has 2 heteroatoms. The molecule has 0 aromatic heterocycles. The van der Waals surface area contributed by atoms with Crippen LogP contribution in [0.1, 0.15) is 6.92 Å². The second-order valence-corrected chi connectivity index (χ2v) is 0.950. The fourth-order valence-corrected chi connectivity index (χ4v) is 0.180. The highest BCUT2D eigenvalue weighted by molar-refractivity contribution is 5.95. The van der Waals surface area contributed by atoms with Gasteiger partial charge in [-0.05, 0) is 13.0 Å². The van der Waals surface area contributed by atoms with Crippen molar-refractivity contribution in [2.75, 3.05) is 0 Å². The third kappa shape index (κ3) is 2.71. The first-order valence-corrected chi connectivity index (χ1v) is 1.85. The Labute approximate surface area is 42.3 Å². The summed E-state index contributed by atoms with van der Waals surface area (Å²) in [5, 5.41) is 0. The maximum Gasteiger partial charge on any atom is 0.378 e. The monoisotopic (exact) mass is 95.0 g/mol. The molecule has 0 rings (SSSR count). The molecule has 0 aromatic carbocycles. The molecule has 0 saturated heterocycles. The van der Waals surface area contributed by atoms with Gasteiger partial charge in [0.1, 0.15) is 0 Å². The molecule has 0 bridgehead atoms. The van der Waals surface area contributed by atoms with Crippen LogP contribution in [0.15, 0.2) is 12.2 Å². The van der Waals surface area contributed by atoms with Crippen molar-refractivity contribution in [3.05, 3.63) is 23.6 Å². The van der Waals surface area contributed by atoms with Crippen LogP contribution in [0.2, 0.25) is 0 Å². The number of rotatable bonds is 1. The lowest BCUT2D eigenvalue weighted by atomic mass is 10.5. The van der Waals surface area contributed by atoms with Gasteiger partial charge >= 0.3 is 5.91 Å². The van der Waals surface area contributed by atoms with Gasteiger partial charge in [0, 0.05) is 0 Å². The van der Waals surface area contributed by atoms with E-state index in [1.807, 2.05) is 0 Å². The Morgan fingerprint density at radius 1 is 1.86 bits per heavy atom. The highest BCUT2D eigenvalue weighted by Crippen LogP contribution is 1.74. The molecule has 0 atom stereocenters. The Bertz CT molecular complexity index is 130. The van der Waals surface area contributed by atoms with Crippen molar-refractivity contribution >= 4 is 5.91 Å². The molecule has 0 aliphatic rings. The minimum atomic E-state index is -0.512. The molecule has 1 amide bonds. The number of allylic oxidation sites excluding steroid dienone is 1. The number of amides is 1. The van der Waals surface area contributed by atoms with E-state index in [0.717, 1.165) is 0 Å². The van der Waals surface area contributed by atoms with E-state index in [0.29, 0.717) is 0 Å². The lowest BCUT2D eigenvalue weighted by molar-refractivity contribution is -0.110. The summed E-state index contributed by atoms with van der Waals surface area (Å²) in [7, 11) is 0. The maximum absolute atomic E-state index is 9.97. The topological polar surface area (TPSA) is 21.4 Å². The Morgan fingerprint density at radius 3 is 2.57 bits per heavy atom. The van der Waals surface area contributed by atoms with Crippen LogP contribution in [-0.4, -0.2) is 5.91 Å². The second kappa shape index (κ2) is 3.10. The van der Waals surface area contributed by atoms with Crippen molar-refractivity contribution in [1.29, 1.82) is 0 Å². The van der Waals surface area contributed by atoms with E-state index >= 15 is 0 Å². The molecular formula is C5H5NO. The standard InChI is InChI=1S/C5H5NO/c1-3-4-5(7)6-2/h3-4H,1H3. The van der Waals surface area contributed by atoms with E-state index in [2.05, 4.69) is 4.85 Å². The molecule has 0 spiro atoms. The molecule has 0 heterocycles. The van der Waals surface area contributed by atoms with Gasteiger partial charge in [0.15, 0.2) is 0 Å². The molecule has 0 unspecified atom stereocenters. The third-order valence-electron chi connectivity index (χ3n) is 0.419. The number of hydrogen-bond donors (Lipinski definition) is 0. The maximum atomic E-state index is 9.97. The smallest absolute Gasteiger partial charge is 0.311 e. The van der Waals surface area contributed by atoms with Crippen LogP contribution in [-0.2, 0) is 4.79 Å². The molecule has 0 radical (unpaired) electrons. The number of nitrogens with zero attached hydrogens (tertiary/aromatic N) is 1. The van der Waals surface area contributed by atoms with E-state index in [4.69, 9.17) is 6.57 Å². The summed E-state index contributed by atoms with van der Waals surface area (Å²) in [5.41, 5.74) is 0. The minimum Gasteiger partial charge on any atom is -0.311 e. The predicted octanol–water partition coefficient (Wildman–Crippen LogP) is 1.01. The molecule has 36 valence electrons. The van der Waals surface area contributed by atoms with Gasteiger partial charge in [0.05, 0.1) is 6.57 Å². The summed E-state index contributed by atoms with van der Waals surface area (Å²) in [4.78, 5) is 12.6. The van der Waals surface area contributed by atoms with Gasteiger partial charge in [0.25, 0.3) is 0 Å². The first-order chi connectivity index (χ1) is 3.31. The SMILES string of the molecule is [C-]#[N+]C(=O)C=CC. The van der Waals surface area contributed by atoms with Crippen LogP contribution >= 0.6 is 0 Å². The number of carbonyl (C=O) groups excluding carboxylic acids is 1. The quantitative estimate of drug-likeness (QED) is 0.352. The minimum absolute atomic E-state index is 0.512. The van der Waals surface area contributed by atoms with Crippen molar-refractivity contribution in [3.8, 4) is 0 Å². The van der Waals surface area contributed by atoms with E-state index in [1.54, 1.807) is 13.0 Å². The average molecular weight is 95.1 g/mol. The molecule has 0 saturated carbocycles. The lowest BCUT2D eigenvalue weighted by Crippen LogP contribution is -1.76. The van der Waals surface area contributed by atoms with Gasteiger partial charge in [-0.15, -0.1) is 0 Å². The molecule has 0 aromatic rings. The third-order valence-corrected chi connectivity index (χ3v) is 0.419. The first-order valence-electron chi connectivity index (χ1n) is 1.85. The van der Waals surface area contributed by atoms with Crippen LogP contribution in [0.25, 0.3) is 4.85 Å². The molecule has 0 aliphatic heterocycles. The van der Waals surface area contributed by atoms with Gasteiger partial charge in [-0.2, -0.15) is 4.85 Å². The molecule has 7 heavy (non-hydrogen) atoms. The molecule has 0 aliphatic carbocycles. The highest BCUT2D eigenvalue weighted by Gasteiger charge is 1.83. The molecule has 0 N–H and O–H groups in total. The summed E-state index contributed by atoms with van der Waals surface area (Å²) in [6.45, 7) is 7.83. The van der Waals surface area contributed by atoms with E-state index < -0.39 is 5.91 Å². The van der Waals surface area contributed by atoms with Crippen molar-refractivity contribution in [2.45, 2.75) is 6.92 Å². The molecule has 2 nitrogen and oxygen atoms in total. The number of hydrogen-bond acceptors (Lipinski definition) is 1. The Morgan fingerprint density at radius 2 is 2.43 bits per heavy atom. The fourth-order valence-electron chi connectivity index (χ4n) is 0.180. The van der Waals surface area contributed by atoms with Crippen LogP contribution in [0, 0.1) is 6.57 Å². The van der Waals surface area contributed by atoms with E-state index in [-0.39, 0.29) is 0 Å². The van der Waals surface area contributed by atoms with Gasteiger partial charge < -0.3 is 4.79 Å². The van der Waals surface area contributed by atoms with Gasteiger partial charge in [0.2, 0.25) is 0 Å². The molecular weight excluding hydrogens is 90.1 g/mol. The summed E-state index contributed by atoms with van der Waals surface area (Å²) >= 11 is 0. The summed E-state index contributed by atoms with van der Waals surface area (Å²) in [5.74, 6) is -0.512. The van der Waals surface area contributed by atoms with Gasteiger partial charge in [-0.25, -0.2) is 0 Å². The van der Waals surface area contributed by atoms with Crippen LogP contribution in [0.5, 0.6) is 0 Å². The second-order valence-electron chi connectivity index (χ2n) is 0.950. The zero-order valence-corrected chi connectivity index (χ0v) is 4.01. The normalized spacial score (nSPS) is 8.57. The average Bonchev–Trinajstić information content (AvgIpc) is 1.68. The van der Waals surface area contributed by atoms with Crippen molar-refractivity contribution in [3.63, 3.8) is 0 Å². The highest BCUT2D eigenvalue weighted by atomic mass is 16.1. The fraction of sp³-hybridized carbons (Fsp3) is 0.200. The largest absolute Gasteiger partial charge is 0.378 e.